The number of rotatable bonds is 2. The molecule has 0 unspecified atom stereocenters. The molecule has 0 rings (SSSR count). The van der Waals surface area contributed by atoms with E-state index in [1.165, 1.54) is 11.9 Å². The lowest BCUT2D eigenvalue weighted by Gasteiger charge is -2.29. The summed E-state index contributed by atoms with van der Waals surface area (Å²) >= 11 is 0. The summed E-state index contributed by atoms with van der Waals surface area (Å²) in [4.78, 5) is 10.6. The molecule has 0 aliphatic carbocycles. The third kappa shape index (κ3) is 3.58. The molecule has 3 heteroatoms. The van der Waals surface area contributed by atoms with Crippen LogP contribution in [0, 0.1) is 0 Å². The monoisotopic (exact) mass is 144 g/mol. The molecule has 0 aromatic rings. The molecule has 0 saturated carbocycles. The van der Waals surface area contributed by atoms with Gasteiger partial charge < -0.3 is 0 Å². The van der Waals surface area contributed by atoms with Crippen molar-refractivity contribution in [2.75, 3.05) is 6.54 Å². The highest BCUT2D eigenvalue weighted by Gasteiger charge is 2.18. The van der Waals surface area contributed by atoms with Gasteiger partial charge in [0, 0.05) is 5.54 Å². The minimum atomic E-state index is -0.119. The molecule has 0 amide bonds. The van der Waals surface area contributed by atoms with Crippen LogP contribution in [0.25, 0.3) is 0 Å². The third-order valence-corrected chi connectivity index (χ3v) is 1.25. The number of carbonyl (C=O) groups is 1. The first-order chi connectivity index (χ1) is 4.34. The first-order valence-electron chi connectivity index (χ1n) is 3.36. The molecule has 0 aromatic heterocycles. The lowest BCUT2D eigenvalue weighted by atomic mass is 10.1. The Kier molecular flexibility index (Phi) is 2.99. The van der Waals surface area contributed by atoms with Crippen LogP contribution in [0.15, 0.2) is 0 Å². The summed E-state index contributed by atoms with van der Waals surface area (Å²) in [6.07, 6.45) is 0. The van der Waals surface area contributed by atoms with E-state index in [4.69, 9.17) is 5.84 Å². The quantitative estimate of drug-likeness (QED) is 0.454. The second-order valence-electron chi connectivity index (χ2n) is 3.50. The predicted molar refractivity (Wildman–Crippen MR) is 41.3 cm³/mol. The van der Waals surface area contributed by atoms with Crippen LogP contribution in [0.4, 0.5) is 0 Å². The number of hydrazine groups is 1. The molecule has 2 N–H and O–H groups in total. The molecule has 3 nitrogen and oxygen atoms in total. The van der Waals surface area contributed by atoms with E-state index >= 15 is 0 Å². The first kappa shape index (κ1) is 9.59. The van der Waals surface area contributed by atoms with Crippen molar-refractivity contribution in [2.45, 2.75) is 33.2 Å². The van der Waals surface area contributed by atoms with Crippen molar-refractivity contribution < 1.29 is 4.79 Å². The molecular weight excluding hydrogens is 128 g/mol. The highest BCUT2D eigenvalue weighted by atomic mass is 16.1. The number of carbonyl (C=O) groups excluding carboxylic acids is 1. The Labute approximate surface area is 62.2 Å². The molecule has 0 aliphatic rings. The van der Waals surface area contributed by atoms with E-state index in [9.17, 15) is 4.79 Å². The third-order valence-electron chi connectivity index (χ3n) is 1.25. The van der Waals surface area contributed by atoms with E-state index in [1.807, 2.05) is 20.8 Å². The van der Waals surface area contributed by atoms with Gasteiger partial charge in [0.05, 0.1) is 6.54 Å². The summed E-state index contributed by atoms with van der Waals surface area (Å²) in [5.74, 6) is 5.66. The maximum absolute atomic E-state index is 10.6. The zero-order valence-corrected chi connectivity index (χ0v) is 7.14. The van der Waals surface area contributed by atoms with Gasteiger partial charge in [-0.1, -0.05) is 0 Å². The molecule has 0 aromatic carbocycles. The Morgan fingerprint density at radius 3 is 2.00 bits per heavy atom. The van der Waals surface area contributed by atoms with Crippen LogP contribution in [0.2, 0.25) is 0 Å². The van der Waals surface area contributed by atoms with Gasteiger partial charge in [-0.2, -0.15) is 0 Å². The van der Waals surface area contributed by atoms with Crippen molar-refractivity contribution in [3.63, 3.8) is 0 Å². The van der Waals surface area contributed by atoms with Gasteiger partial charge in [-0.3, -0.25) is 10.6 Å². The molecule has 0 radical (unpaired) electrons. The highest BCUT2D eigenvalue weighted by molar-refractivity contribution is 5.77. The van der Waals surface area contributed by atoms with Crippen molar-refractivity contribution in [3.8, 4) is 0 Å². The van der Waals surface area contributed by atoms with Gasteiger partial charge in [-0.25, -0.2) is 5.01 Å². The van der Waals surface area contributed by atoms with Crippen molar-refractivity contribution in [1.82, 2.24) is 5.01 Å². The zero-order chi connectivity index (χ0) is 8.36. The molecule has 0 atom stereocenters. The van der Waals surface area contributed by atoms with E-state index in [1.54, 1.807) is 0 Å². The zero-order valence-electron chi connectivity index (χ0n) is 7.14. The summed E-state index contributed by atoms with van der Waals surface area (Å²) in [6, 6.07) is 0. The van der Waals surface area contributed by atoms with Crippen LogP contribution < -0.4 is 5.84 Å². The average molecular weight is 144 g/mol. The number of ketones is 1. The van der Waals surface area contributed by atoms with Crippen molar-refractivity contribution in [2.24, 2.45) is 5.84 Å². The van der Waals surface area contributed by atoms with Crippen LogP contribution in [0.3, 0.4) is 0 Å². The van der Waals surface area contributed by atoms with Gasteiger partial charge in [-0.05, 0) is 27.7 Å². The molecule has 0 heterocycles. The van der Waals surface area contributed by atoms with Crippen LogP contribution in [0.1, 0.15) is 27.7 Å². The fourth-order valence-corrected chi connectivity index (χ4v) is 0.477. The standard InChI is InChI=1S/C7H16N2O/c1-6(10)5-9(8)7(2,3)4/h5,8H2,1-4H3. The minimum Gasteiger partial charge on any atom is -0.299 e. The second-order valence-corrected chi connectivity index (χ2v) is 3.50. The number of hydrogen-bond acceptors (Lipinski definition) is 3. The fourth-order valence-electron chi connectivity index (χ4n) is 0.477. The van der Waals surface area contributed by atoms with Crippen LogP contribution in [0.5, 0.6) is 0 Å². The smallest absolute Gasteiger partial charge is 0.145 e. The summed E-state index contributed by atoms with van der Waals surface area (Å²) in [5.41, 5.74) is -0.119. The molecule has 60 valence electrons. The summed E-state index contributed by atoms with van der Waals surface area (Å²) in [5, 5.41) is 1.54. The first-order valence-corrected chi connectivity index (χ1v) is 3.36. The lowest BCUT2D eigenvalue weighted by Crippen LogP contribution is -2.48. The Morgan fingerprint density at radius 2 is 1.90 bits per heavy atom. The van der Waals surface area contributed by atoms with Crippen LogP contribution in [-0.2, 0) is 4.79 Å². The van der Waals surface area contributed by atoms with Crippen molar-refractivity contribution >= 4 is 5.78 Å². The van der Waals surface area contributed by atoms with Crippen molar-refractivity contribution in [3.05, 3.63) is 0 Å². The van der Waals surface area contributed by atoms with E-state index in [0.717, 1.165) is 0 Å². The van der Waals surface area contributed by atoms with Gasteiger partial charge in [0.25, 0.3) is 0 Å². The minimum absolute atomic E-state index is 0.0948. The number of hydrogen-bond donors (Lipinski definition) is 1. The lowest BCUT2D eigenvalue weighted by molar-refractivity contribution is -0.119. The van der Waals surface area contributed by atoms with E-state index in [-0.39, 0.29) is 11.3 Å². The van der Waals surface area contributed by atoms with Crippen LogP contribution >= 0.6 is 0 Å². The van der Waals surface area contributed by atoms with Gasteiger partial charge in [-0.15, -0.1) is 0 Å². The van der Waals surface area contributed by atoms with Gasteiger partial charge >= 0.3 is 0 Å². The van der Waals surface area contributed by atoms with Crippen molar-refractivity contribution in [1.29, 1.82) is 0 Å². The van der Waals surface area contributed by atoms with E-state index < -0.39 is 0 Å². The topological polar surface area (TPSA) is 46.3 Å². The normalized spacial score (nSPS) is 12.2. The molecular formula is C7H16N2O. The number of Topliss-reactive ketones (excluding diaryl/α,β-unsaturated/α-hetero) is 1. The Balaban J connectivity index is 3.85. The largest absolute Gasteiger partial charge is 0.299 e. The molecule has 0 bridgehead atoms. The summed E-state index contributed by atoms with van der Waals surface area (Å²) < 4.78 is 0. The molecule has 0 fully saturated rings. The Bertz CT molecular complexity index is 126. The molecule has 0 aliphatic heterocycles. The Morgan fingerprint density at radius 1 is 1.50 bits per heavy atom. The number of nitrogens with zero attached hydrogens (tertiary/aromatic N) is 1. The predicted octanol–water partition coefficient (Wildman–Crippen LogP) is 0.550. The average Bonchev–Trinajstić information content (AvgIpc) is 1.60. The highest BCUT2D eigenvalue weighted by Crippen LogP contribution is 2.06. The maximum atomic E-state index is 10.6. The molecule has 0 saturated heterocycles. The van der Waals surface area contributed by atoms with Gasteiger partial charge in [0.15, 0.2) is 0 Å². The van der Waals surface area contributed by atoms with Gasteiger partial charge in [0.1, 0.15) is 5.78 Å². The summed E-state index contributed by atoms with van der Waals surface area (Å²) in [6.45, 7) is 7.76. The molecule has 10 heavy (non-hydrogen) atoms. The number of nitrogens with two attached hydrogens (primary N) is 1. The van der Waals surface area contributed by atoms with E-state index in [0.29, 0.717) is 6.54 Å². The second kappa shape index (κ2) is 3.12. The van der Waals surface area contributed by atoms with Crippen LogP contribution in [-0.4, -0.2) is 22.9 Å². The summed E-state index contributed by atoms with van der Waals surface area (Å²) in [7, 11) is 0. The van der Waals surface area contributed by atoms with E-state index in [2.05, 4.69) is 0 Å². The fraction of sp³-hybridized carbons (Fsp3) is 0.857. The van der Waals surface area contributed by atoms with Gasteiger partial charge in [0.2, 0.25) is 0 Å². The molecule has 0 spiro atoms. The maximum Gasteiger partial charge on any atom is 0.145 e. The Hall–Kier alpha value is -0.410. The SMILES string of the molecule is CC(=O)CN(N)C(C)(C)C.